The summed E-state index contributed by atoms with van der Waals surface area (Å²) in [5.74, 6) is 0.617. The van der Waals surface area contributed by atoms with Crippen LogP contribution in [0.5, 0.6) is 5.75 Å². The van der Waals surface area contributed by atoms with Crippen LogP contribution in [0, 0.1) is 19.8 Å². The Morgan fingerprint density at radius 3 is 2.38 bits per heavy atom. The molecule has 0 unspecified atom stereocenters. The molecule has 0 spiro atoms. The van der Waals surface area contributed by atoms with Gasteiger partial charge in [-0.15, -0.1) is 12.8 Å². The van der Waals surface area contributed by atoms with Crippen molar-refractivity contribution in [2.75, 3.05) is 33.3 Å². The highest BCUT2D eigenvalue weighted by Crippen LogP contribution is 2.15. The molecule has 0 radical (unpaired) electrons. The average molecular weight is 534 g/mol. The molecule has 4 rings (SSSR count). The molecule has 9 heteroatoms. The maximum Gasteiger partial charge on any atom is 0.258 e. The van der Waals surface area contributed by atoms with E-state index in [1.807, 2.05) is 36.1 Å². The maximum atomic E-state index is 12.1. The number of guanidine groups is 1. The number of carbonyl (C=O) groups is 3. The monoisotopic (exact) mass is 533 g/mol. The van der Waals surface area contributed by atoms with Gasteiger partial charge in [0.1, 0.15) is 5.75 Å². The lowest BCUT2D eigenvalue weighted by Crippen LogP contribution is -2.41. The number of amides is 3. The highest BCUT2D eigenvalue weighted by molar-refractivity contribution is 6.05. The number of ether oxygens (including phenoxy) is 1. The number of nitrogens with one attached hydrogen (secondary N) is 1. The summed E-state index contributed by atoms with van der Waals surface area (Å²) >= 11 is 0. The van der Waals surface area contributed by atoms with E-state index in [1.165, 1.54) is 0 Å². The molecule has 0 aromatic heterocycles. The molecule has 2 heterocycles. The van der Waals surface area contributed by atoms with E-state index in [-0.39, 0.29) is 23.7 Å². The average Bonchev–Trinajstić information content (AvgIpc) is 3.41. The van der Waals surface area contributed by atoms with Crippen LogP contribution in [0.15, 0.2) is 53.5 Å². The number of likely N-dealkylation sites (tertiary alicyclic amines) is 2. The number of benzene rings is 2. The SMILES string of the molecule is C#C.COc1cccc(C(=O)NC(N)=Nc2cccc(C)c2)c1.O=C(CN1CCCCCC1=O)N1CCCC1. The molecule has 208 valence electrons. The first-order valence-electron chi connectivity index (χ1n) is 13.1. The van der Waals surface area contributed by atoms with E-state index in [9.17, 15) is 14.4 Å². The molecule has 2 aliphatic rings. The molecule has 0 aliphatic carbocycles. The number of hydrogen-bond donors (Lipinski definition) is 2. The van der Waals surface area contributed by atoms with Crippen molar-refractivity contribution in [1.29, 1.82) is 0 Å². The Morgan fingerprint density at radius 2 is 1.69 bits per heavy atom. The Balaban J connectivity index is 0.000000265. The molecule has 39 heavy (non-hydrogen) atoms. The van der Waals surface area contributed by atoms with Crippen LogP contribution in [0.4, 0.5) is 5.69 Å². The molecular weight excluding hydrogens is 494 g/mol. The number of rotatable bonds is 5. The van der Waals surface area contributed by atoms with Crippen LogP contribution in [0.3, 0.4) is 0 Å². The van der Waals surface area contributed by atoms with E-state index in [0.717, 1.165) is 57.3 Å². The second kappa shape index (κ2) is 16.5. The van der Waals surface area contributed by atoms with Crippen molar-refractivity contribution in [3.8, 4) is 18.6 Å². The Hall–Kier alpha value is -4.32. The summed E-state index contributed by atoms with van der Waals surface area (Å²) in [6.45, 7) is 4.78. The van der Waals surface area contributed by atoms with Gasteiger partial charge < -0.3 is 20.3 Å². The van der Waals surface area contributed by atoms with Gasteiger partial charge >= 0.3 is 0 Å². The lowest BCUT2D eigenvalue weighted by atomic mass is 10.2. The van der Waals surface area contributed by atoms with Crippen LogP contribution in [0.25, 0.3) is 0 Å². The van der Waals surface area contributed by atoms with Crippen molar-refractivity contribution in [1.82, 2.24) is 15.1 Å². The van der Waals surface area contributed by atoms with Crippen molar-refractivity contribution in [3.05, 3.63) is 59.7 Å². The smallest absolute Gasteiger partial charge is 0.258 e. The molecule has 0 bridgehead atoms. The van der Waals surface area contributed by atoms with Crippen molar-refractivity contribution in [2.24, 2.45) is 10.7 Å². The molecule has 3 amide bonds. The number of methoxy groups -OCH3 is 1. The van der Waals surface area contributed by atoms with Crippen LogP contribution in [-0.2, 0) is 9.59 Å². The van der Waals surface area contributed by atoms with E-state index >= 15 is 0 Å². The maximum absolute atomic E-state index is 12.1. The fourth-order valence-corrected chi connectivity index (χ4v) is 4.25. The van der Waals surface area contributed by atoms with E-state index in [4.69, 9.17) is 10.5 Å². The second-order valence-corrected chi connectivity index (χ2v) is 9.24. The molecule has 9 nitrogen and oxygen atoms in total. The van der Waals surface area contributed by atoms with Gasteiger partial charge in [0.2, 0.25) is 17.8 Å². The summed E-state index contributed by atoms with van der Waals surface area (Å²) in [5, 5.41) is 2.55. The molecule has 0 saturated carbocycles. The molecule has 2 aromatic rings. The van der Waals surface area contributed by atoms with Gasteiger partial charge in [-0.05, 0) is 68.5 Å². The summed E-state index contributed by atoms with van der Waals surface area (Å²) in [5.41, 5.74) is 7.97. The zero-order valence-corrected chi connectivity index (χ0v) is 22.9. The lowest BCUT2D eigenvalue weighted by molar-refractivity contribution is -0.139. The highest BCUT2D eigenvalue weighted by Gasteiger charge is 2.23. The third-order valence-electron chi connectivity index (χ3n) is 6.28. The first kappa shape index (κ1) is 30.9. The summed E-state index contributed by atoms with van der Waals surface area (Å²) in [6, 6.07) is 14.4. The predicted octanol–water partition coefficient (Wildman–Crippen LogP) is 3.64. The van der Waals surface area contributed by atoms with Crippen molar-refractivity contribution >= 4 is 29.4 Å². The number of aryl methyl sites for hydroxylation is 1. The van der Waals surface area contributed by atoms with Crippen LogP contribution < -0.4 is 15.8 Å². The van der Waals surface area contributed by atoms with Crippen molar-refractivity contribution < 1.29 is 19.1 Å². The standard InChI is InChI=1S/C16H17N3O2.C12H20N2O2.C2H2/c1-11-5-3-7-13(9-11)18-16(17)19-15(20)12-6-4-8-14(10-12)21-2;15-11-6-2-1-3-9-14(11)10-12(16)13-7-4-5-8-13;1-2/h3-10H,1-2H3,(H3,17,18,19,20);1-10H2;1-2H. The van der Waals surface area contributed by atoms with Gasteiger partial charge in [0.15, 0.2) is 0 Å². The zero-order chi connectivity index (χ0) is 28.6. The van der Waals surface area contributed by atoms with Crippen LogP contribution >= 0.6 is 0 Å². The van der Waals surface area contributed by atoms with Crippen molar-refractivity contribution in [3.63, 3.8) is 0 Å². The zero-order valence-electron chi connectivity index (χ0n) is 22.9. The fraction of sp³-hybridized carbons (Fsp3) is 0.400. The van der Waals surface area contributed by atoms with E-state index < -0.39 is 0 Å². The molecule has 2 saturated heterocycles. The van der Waals surface area contributed by atoms with Gasteiger partial charge in [-0.25, -0.2) is 4.99 Å². The predicted molar refractivity (Wildman–Crippen MR) is 154 cm³/mol. The summed E-state index contributed by atoms with van der Waals surface area (Å²) in [4.78, 5) is 43.5. The molecule has 2 fully saturated rings. The van der Waals surface area contributed by atoms with Crippen LogP contribution in [0.2, 0.25) is 0 Å². The topological polar surface area (TPSA) is 117 Å². The minimum Gasteiger partial charge on any atom is -0.497 e. The number of nitrogens with zero attached hydrogens (tertiary/aromatic N) is 3. The third-order valence-corrected chi connectivity index (χ3v) is 6.28. The Morgan fingerprint density at radius 1 is 1.00 bits per heavy atom. The van der Waals surface area contributed by atoms with Gasteiger partial charge in [0.25, 0.3) is 5.91 Å². The Bertz CT molecular complexity index is 1150. The van der Waals surface area contributed by atoms with Gasteiger partial charge in [0, 0.05) is 31.6 Å². The molecule has 2 aromatic carbocycles. The quantitative estimate of drug-likeness (QED) is 0.346. The normalized spacial score (nSPS) is 15.2. The molecular formula is C30H39N5O4. The summed E-state index contributed by atoms with van der Waals surface area (Å²) in [7, 11) is 1.55. The van der Waals surface area contributed by atoms with Gasteiger partial charge in [0.05, 0.1) is 19.3 Å². The van der Waals surface area contributed by atoms with E-state index in [0.29, 0.717) is 30.0 Å². The number of hydrogen-bond acceptors (Lipinski definition) is 5. The Kier molecular flexibility index (Phi) is 13.1. The van der Waals surface area contributed by atoms with Gasteiger partial charge in [-0.2, -0.15) is 0 Å². The molecule has 3 N–H and O–H groups in total. The number of carbonyl (C=O) groups excluding carboxylic acids is 3. The van der Waals surface area contributed by atoms with Crippen LogP contribution in [0.1, 0.15) is 54.4 Å². The Labute approximate surface area is 231 Å². The van der Waals surface area contributed by atoms with E-state index in [2.05, 4.69) is 23.2 Å². The fourth-order valence-electron chi connectivity index (χ4n) is 4.25. The first-order chi connectivity index (χ1) is 18.9. The number of terminal acetylenes is 1. The minimum atomic E-state index is -0.331. The number of aliphatic imine (C=N–C) groups is 1. The first-order valence-corrected chi connectivity index (χ1v) is 13.1. The highest BCUT2D eigenvalue weighted by atomic mass is 16.5. The molecule has 0 atom stereocenters. The third kappa shape index (κ3) is 10.5. The second-order valence-electron chi connectivity index (χ2n) is 9.24. The summed E-state index contributed by atoms with van der Waals surface area (Å²) in [6.07, 6.45) is 14.0. The van der Waals surface area contributed by atoms with E-state index in [1.54, 1.807) is 36.3 Å². The van der Waals surface area contributed by atoms with Gasteiger partial charge in [-0.3, -0.25) is 19.7 Å². The lowest BCUT2D eigenvalue weighted by Gasteiger charge is -2.23. The van der Waals surface area contributed by atoms with Crippen LogP contribution in [-0.4, -0.2) is 66.8 Å². The summed E-state index contributed by atoms with van der Waals surface area (Å²) < 4.78 is 5.08. The minimum absolute atomic E-state index is 0.0495. The van der Waals surface area contributed by atoms with Crippen molar-refractivity contribution in [2.45, 2.75) is 45.4 Å². The number of nitrogens with two attached hydrogens (primary N) is 1. The molecule has 2 aliphatic heterocycles. The van der Waals surface area contributed by atoms with Gasteiger partial charge in [-0.1, -0.05) is 24.6 Å². The largest absolute Gasteiger partial charge is 0.497 e.